The molecule has 0 nitrogen and oxygen atoms in total. The van der Waals surface area contributed by atoms with Crippen molar-refractivity contribution in [1.29, 1.82) is 0 Å². The van der Waals surface area contributed by atoms with Crippen LogP contribution in [-0.4, -0.2) is 0 Å². The Labute approximate surface area is 165 Å². The second-order valence-corrected chi connectivity index (χ2v) is 8.53. The van der Waals surface area contributed by atoms with E-state index in [-0.39, 0.29) is 5.41 Å². The maximum absolute atomic E-state index is 2.50. The molecule has 140 valence electrons. The Balaban J connectivity index is 1.94. The first-order valence-corrected chi connectivity index (χ1v) is 10.7. The molecule has 0 heteroatoms. The van der Waals surface area contributed by atoms with Crippen LogP contribution in [0.2, 0.25) is 0 Å². The van der Waals surface area contributed by atoms with E-state index in [1.54, 1.807) is 5.57 Å². The molecule has 0 N–H and O–H groups in total. The highest BCUT2D eigenvalue weighted by molar-refractivity contribution is 5.46. The van der Waals surface area contributed by atoms with Gasteiger partial charge in [-0.05, 0) is 48.1 Å². The van der Waals surface area contributed by atoms with Gasteiger partial charge in [-0.2, -0.15) is 0 Å². The van der Waals surface area contributed by atoms with Crippen molar-refractivity contribution < 1.29 is 0 Å². The van der Waals surface area contributed by atoms with E-state index in [1.165, 1.54) is 43.2 Å². The molecule has 0 spiro atoms. The van der Waals surface area contributed by atoms with E-state index in [9.17, 15) is 0 Å². The van der Waals surface area contributed by atoms with E-state index < -0.39 is 0 Å². The number of allylic oxidation sites excluding steroid dienone is 4. The molecule has 4 rings (SSSR count). The summed E-state index contributed by atoms with van der Waals surface area (Å²) in [7, 11) is 0. The lowest BCUT2D eigenvalue weighted by molar-refractivity contribution is 0.276. The Morgan fingerprint density at radius 3 is 2.15 bits per heavy atom. The molecule has 2 aliphatic carbocycles. The highest BCUT2D eigenvalue weighted by Gasteiger charge is 2.50. The third-order valence-corrected chi connectivity index (χ3v) is 6.93. The van der Waals surface area contributed by atoms with Gasteiger partial charge < -0.3 is 0 Å². The van der Waals surface area contributed by atoms with Gasteiger partial charge in [-0.1, -0.05) is 111 Å². The maximum atomic E-state index is 2.50. The van der Waals surface area contributed by atoms with Gasteiger partial charge in [0.2, 0.25) is 0 Å². The topological polar surface area (TPSA) is 0 Å². The summed E-state index contributed by atoms with van der Waals surface area (Å²) in [4.78, 5) is 0. The molecule has 0 amide bonds. The first-order chi connectivity index (χ1) is 13.3. The summed E-state index contributed by atoms with van der Waals surface area (Å²) < 4.78 is 0. The van der Waals surface area contributed by atoms with Gasteiger partial charge >= 0.3 is 0 Å². The van der Waals surface area contributed by atoms with E-state index in [4.69, 9.17) is 0 Å². The summed E-state index contributed by atoms with van der Waals surface area (Å²) in [6.45, 7) is 4.82. The van der Waals surface area contributed by atoms with Crippen LogP contribution in [0, 0.1) is 17.8 Å². The molecule has 0 aliphatic heterocycles. The maximum Gasteiger partial charge on any atom is 0.0270 e. The lowest BCUT2D eigenvalue weighted by Crippen LogP contribution is -2.39. The van der Waals surface area contributed by atoms with Crippen LogP contribution in [0.5, 0.6) is 0 Å². The molecular formula is C27H32. The number of hydrogen-bond donors (Lipinski definition) is 0. The zero-order chi connectivity index (χ0) is 18.7. The quantitative estimate of drug-likeness (QED) is 0.508. The minimum absolute atomic E-state index is 0.0731. The minimum atomic E-state index is 0.0731. The fraction of sp³-hybridized carbons (Fsp3) is 0.407. The average Bonchev–Trinajstić information content (AvgIpc) is 3.07. The predicted octanol–water partition coefficient (Wildman–Crippen LogP) is 7.32. The van der Waals surface area contributed by atoms with Crippen LogP contribution >= 0.6 is 0 Å². The van der Waals surface area contributed by atoms with Crippen molar-refractivity contribution in [2.75, 3.05) is 0 Å². The van der Waals surface area contributed by atoms with Crippen molar-refractivity contribution in [3.05, 3.63) is 95.6 Å². The van der Waals surface area contributed by atoms with E-state index >= 15 is 0 Å². The lowest BCUT2D eigenvalue weighted by Gasteiger charge is -2.44. The van der Waals surface area contributed by atoms with Gasteiger partial charge in [0.1, 0.15) is 0 Å². The fourth-order valence-corrected chi connectivity index (χ4v) is 5.86. The summed E-state index contributed by atoms with van der Waals surface area (Å²) in [5.41, 5.74) is 4.77. The molecule has 0 aromatic heterocycles. The zero-order valence-corrected chi connectivity index (χ0v) is 16.8. The SMILES string of the molecule is CCCCC(c1ccccc1)(c1ccccc1)C1C2=CC=CCC2CC1C. The zero-order valence-electron chi connectivity index (χ0n) is 16.8. The first-order valence-electron chi connectivity index (χ1n) is 10.7. The molecule has 0 bridgehead atoms. The number of hydrogen-bond acceptors (Lipinski definition) is 0. The molecule has 2 aliphatic rings. The summed E-state index contributed by atoms with van der Waals surface area (Å²) in [5, 5.41) is 0. The van der Waals surface area contributed by atoms with Crippen LogP contribution in [0.3, 0.4) is 0 Å². The van der Waals surface area contributed by atoms with Gasteiger partial charge in [0, 0.05) is 5.41 Å². The second-order valence-electron chi connectivity index (χ2n) is 8.53. The van der Waals surface area contributed by atoms with Crippen molar-refractivity contribution in [3.63, 3.8) is 0 Å². The van der Waals surface area contributed by atoms with Crippen molar-refractivity contribution in [1.82, 2.24) is 0 Å². The molecule has 0 heterocycles. The van der Waals surface area contributed by atoms with Crippen molar-refractivity contribution in [3.8, 4) is 0 Å². The van der Waals surface area contributed by atoms with E-state index in [1.807, 2.05) is 0 Å². The van der Waals surface area contributed by atoms with Crippen LogP contribution in [0.25, 0.3) is 0 Å². The van der Waals surface area contributed by atoms with Crippen molar-refractivity contribution >= 4 is 0 Å². The van der Waals surface area contributed by atoms with Gasteiger partial charge in [0.15, 0.2) is 0 Å². The minimum Gasteiger partial charge on any atom is -0.0839 e. The summed E-state index contributed by atoms with van der Waals surface area (Å²) in [5.74, 6) is 2.03. The van der Waals surface area contributed by atoms with Crippen molar-refractivity contribution in [2.45, 2.75) is 51.4 Å². The first kappa shape index (κ1) is 18.3. The molecule has 3 atom stereocenters. The molecular weight excluding hydrogens is 324 g/mol. The molecule has 1 saturated carbocycles. The van der Waals surface area contributed by atoms with Crippen LogP contribution in [0.4, 0.5) is 0 Å². The lowest BCUT2D eigenvalue weighted by atomic mass is 9.59. The van der Waals surface area contributed by atoms with Crippen LogP contribution in [-0.2, 0) is 5.41 Å². The van der Waals surface area contributed by atoms with E-state index in [0.717, 1.165) is 5.92 Å². The Morgan fingerprint density at radius 1 is 0.926 bits per heavy atom. The Kier molecular flexibility index (Phi) is 5.34. The van der Waals surface area contributed by atoms with Crippen LogP contribution in [0.15, 0.2) is 84.5 Å². The standard InChI is InChI=1S/C27H32/c1-3-4-19-27(23-14-7-5-8-15-23,24-16-9-6-10-17-24)26-21(2)20-22-13-11-12-18-25(22)26/h5-12,14-18,21-22,26H,3-4,13,19-20H2,1-2H3. The number of fused-ring (bicyclic) bond motifs is 1. The average molecular weight is 357 g/mol. The van der Waals surface area contributed by atoms with Crippen LogP contribution in [0.1, 0.15) is 57.1 Å². The van der Waals surface area contributed by atoms with Gasteiger partial charge in [-0.25, -0.2) is 0 Å². The Bertz CT molecular complexity index is 757. The molecule has 1 fully saturated rings. The van der Waals surface area contributed by atoms with Gasteiger partial charge in [-0.15, -0.1) is 0 Å². The van der Waals surface area contributed by atoms with E-state index in [2.05, 4.69) is 92.7 Å². The monoisotopic (exact) mass is 356 g/mol. The fourth-order valence-electron chi connectivity index (χ4n) is 5.86. The highest BCUT2D eigenvalue weighted by atomic mass is 14.5. The molecule has 0 radical (unpaired) electrons. The molecule has 0 saturated heterocycles. The summed E-state index contributed by atoms with van der Waals surface area (Å²) >= 11 is 0. The number of rotatable bonds is 6. The smallest absolute Gasteiger partial charge is 0.0270 e. The summed E-state index contributed by atoms with van der Waals surface area (Å²) in [6.07, 6.45) is 13.4. The molecule has 27 heavy (non-hydrogen) atoms. The number of benzene rings is 2. The largest absolute Gasteiger partial charge is 0.0839 e. The number of unbranched alkanes of at least 4 members (excludes halogenated alkanes) is 1. The summed E-state index contributed by atoms with van der Waals surface area (Å²) in [6, 6.07) is 22.7. The van der Waals surface area contributed by atoms with Crippen molar-refractivity contribution in [2.24, 2.45) is 17.8 Å². The second kappa shape index (κ2) is 7.89. The molecule has 3 unspecified atom stereocenters. The van der Waals surface area contributed by atoms with Crippen LogP contribution < -0.4 is 0 Å². The normalized spacial score (nSPS) is 24.5. The third kappa shape index (κ3) is 3.20. The van der Waals surface area contributed by atoms with Gasteiger partial charge in [-0.3, -0.25) is 0 Å². The third-order valence-electron chi connectivity index (χ3n) is 6.93. The van der Waals surface area contributed by atoms with E-state index in [0.29, 0.717) is 11.8 Å². The van der Waals surface area contributed by atoms with Gasteiger partial charge in [0.25, 0.3) is 0 Å². The molecule has 2 aromatic carbocycles. The highest BCUT2D eigenvalue weighted by Crippen LogP contribution is 2.57. The van der Waals surface area contributed by atoms with Gasteiger partial charge in [0.05, 0.1) is 0 Å². The predicted molar refractivity (Wildman–Crippen MR) is 116 cm³/mol. The Hall–Kier alpha value is -2.08. The Morgan fingerprint density at radius 2 is 1.56 bits per heavy atom. The molecule has 2 aromatic rings.